The number of aromatic nitrogens is 1. The van der Waals surface area contributed by atoms with Crippen LogP contribution in [0.4, 0.5) is 0 Å². The van der Waals surface area contributed by atoms with Crippen LogP contribution >= 0.6 is 0 Å². The molecule has 1 rings (SSSR count). The molecule has 0 radical (unpaired) electrons. The summed E-state index contributed by atoms with van der Waals surface area (Å²) in [6, 6.07) is 3.56. The first kappa shape index (κ1) is 12.6. The number of carbonyl (C=O) groups is 1. The summed E-state index contributed by atoms with van der Waals surface area (Å²) in [5.74, 6) is -0.494. The minimum atomic E-state index is -3.33. The van der Waals surface area contributed by atoms with Crippen molar-refractivity contribution in [2.75, 3.05) is 6.26 Å². The SMILES string of the molecule is C[C@@H](C(=O)NCc1cccnc1)S(C)(=O)=O. The number of pyridine rings is 1. The van der Waals surface area contributed by atoms with E-state index in [-0.39, 0.29) is 6.54 Å². The molecule has 1 atom stereocenters. The van der Waals surface area contributed by atoms with Crippen LogP contribution in [0.2, 0.25) is 0 Å². The predicted octanol–water partition coefficient (Wildman–Crippen LogP) is 0.131. The lowest BCUT2D eigenvalue weighted by atomic mass is 10.3. The van der Waals surface area contributed by atoms with Gasteiger partial charge in [0.15, 0.2) is 9.84 Å². The Morgan fingerprint density at radius 3 is 2.75 bits per heavy atom. The van der Waals surface area contributed by atoms with Crippen LogP contribution in [0.15, 0.2) is 24.5 Å². The molecule has 0 aliphatic heterocycles. The van der Waals surface area contributed by atoms with E-state index in [1.54, 1.807) is 24.5 Å². The maximum atomic E-state index is 11.5. The highest BCUT2D eigenvalue weighted by atomic mass is 32.2. The fraction of sp³-hybridized carbons (Fsp3) is 0.400. The summed E-state index contributed by atoms with van der Waals surface area (Å²) in [5.41, 5.74) is 0.830. The monoisotopic (exact) mass is 242 g/mol. The summed E-state index contributed by atoms with van der Waals surface area (Å²) in [4.78, 5) is 15.3. The van der Waals surface area contributed by atoms with Crippen molar-refractivity contribution in [2.45, 2.75) is 18.7 Å². The lowest BCUT2D eigenvalue weighted by Gasteiger charge is -2.09. The molecule has 0 spiro atoms. The van der Waals surface area contributed by atoms with Crippen LogP contribution in [0.1, 0.15) is 12.5 Å². The molecule has 0 unspecified atom stereocenters. The Morgan fingerprint density at radius 1 is 1.56 bits per heavy atom. The van der Waals surface area contributed by atoms with Gasteiger partial charge in [-0.25, -0.2) is 8.42 Å². The molecule has 1 N–H and O–H groups in total. The molecule has 6 heteroatoms. The van der Waals surface area contributed by atoms with Gasteiger partial charge < -0.3 is 5.32 Å². The molecule has 0 aromatic carbocycles. The van der Waals surface area contributed by atoms with E-state index < -0.39 is 21.0 Å². The van der Waals surface area contributed by atoms with E-state index in [0.29, 0.717) is 0 Å². The lowest BCUT2D eigenvalue weighted by Crippen LogP contribution is -2.37. The average molecular weight is 242 g/mol. The summed E-state index contributed by atoms with van der Waals surface area (Å²) in [6.07, 6.45) is 4.29. The highest BCUT2D eigenvalue weighted by Gasteiger charge is 2.22. The minimum absolute atomic E-state index is 0.284. The van der Waals surface area contributed by atoms with Gasteiger partial charge in [0.1, 0.15) is 5.25 Å². The number of nitrogens with one attached hydrogen (secondary N) is 1. The molecule has 5 nitrogen and oxygen atoms in total. The van der Waals surface area contributed by atoms with Gasteiger partial charge in [0, 0.05) is 25.2 Å². The molecular formula is C10H14N2O3S. The Bertz CT molecular complexity index is 456. The summed E-state index contributed by atoms with van der Waals surface area (Å²) >= 11 is 0. The smallest absolute Gasteiger partial charge is 0.238 e. The van der Waals surface area contributed by atoms with Gasteiger partial charge in [-0.2, -0.15) is 0 Å². The number of carbonyl (C=O) groups excluding carboxylic acids is 1. The lowest BCUT2D eigenvalue weighted by molar-refractivity contribution is -0.120. The fourth-order valence-electron chi connectivity index (χ4n) is 1.03. The second kappa shape index (κ2) is 5.07. The maximum Gasteiger partial charge on any atom is 0.238 e. The van der Waals surface area contributed by atoms with E-state index >= 15 is 0 Å². The van der Waals surface area contributed by atoms with Gasteiger partial charge in [-0.3, -0.25) is 9.78 Å². The van der Waals surface area contributed by atoms with Gasteiger partial charge in [-0.05, 0) is 18.6 Å². The third kappa shape index (κ3) is 3.62. The van der Waals surface area contributed by atoms with Crippen molar-refractivity contribution in [3.05, 3.63) is 30.1 Å². The third-order valence-electron chi connectivity index (χ3n) is 2.20. The van der Waals surface area contributed by atoms with Crippen molar-refractivity contribution in [1.29, 1.82) is 0 Å². The summed E-state index contributed by atoms with van der Waals surface area (Å²) < 4.78 is 22.2. The van der Waals surface area contributed by atoms with E-state index in [9.17, 15) is 13.2 Å². The Labute approximate surface area is 94.8 Å². The average Bonchev–Trinajstić information content (AvgIpc) is 2.25. The second-order valence-electron chi connectivity index (χ2n) is 3.55. The molecule has 88 valence electrons. The zero-order valence-electron chi connectivity index (χ0n) is 9.17. The molecule has 0 aliphatic rings. The van der Waals surface area contributed by atoms with E-state index in [0.717, 1.165) is 11.8 Å². The third-order valence-corrected chi connectivity index (χ3v) is 3.70. The molecule has 1 aromatic heterocycles. The Kier molecular flexibility index (Phi) is 4.00. The zero-order chi connectivity index (χ0) is 12.2. The number of hydrogen-bond acceptors (Lipinski definition) is 4. The van der Waals surface area contributed by atoms with Crippen molar-refractivity contribution in [3.63, 3.8) is 0 Å². The molecule has 16 heavy (non-hydrogen) atoms. The normalized spacial score (nSPS) is 13.1. The second-order valence-corrected chi connectivity index (χ2v) is 5.92. The topological polar surface area (TPSA) is 76.1 Å². The first-order valence-corrected chi connectivity index (χ1v) is 6.72. The number of sulfone groups is 1. The van der Waals surface area contributed by atoms with Gasteiger partial charge in [-0.1, -0.05) is 6.07 Å². The van der Waals surface area contributed by atoms with Gasteiger partial charge in [-0.15, -0.1) is 0 Å². The number of amides is 1. The Hall–Kier alpha value is -1.43. The van der Waals surface area contributed by atoms with Crippen molar-refractivity contribution >= 4 is 15.7 Å². The van der Waals surface area contributed by atoms with Crippen LogP contribution in [-0.2, 0) is 21.2 Å². The number of nitrogens with zero attached hydrogens (tertiary/aromatic N) is 1. The molecule has 0 saturated carbocycles. The summed E-state index contributed by atoms with van der Waals surface area (Å²) in [5, 5.41) is 1.52. The first-order valence-electron chi connectivity index (χ1n) is 4.76. The highest BCUT2D eigenvalue weighted by molar-refractivity contribution is 7.92. The van der Waals surface area contributed by atoms with E-state index in [1.165, 1.54) is 6.92 Å². The van der Waals surface area contributed by atoms with E-state index in [4.69, 9.17) is 0 Å². The van der Waals surface area contributed by atoms with Crippen LogP contribution in [0.5, 0.6) is 0 Å². The Morgan fingerprint density at radius 2 is 2.25 bits per heavy atom. The van der Waals surface area contributed by atoms with Gasteiger partial charge >= 0.3 is 0 Å². The van der Waals surface area contributed by atoms with Gasteiger partial charge in [0.05, 0.1) is 0 Å². The maximum absolute atomic E-state index is 11.5. The first-order chi connectivity index (χ1) is 7.41. The molecule has 0 bridgehead atoms. The number of rotatable bonds is 4. The molecule has 0 fully saturated rings. The largest absolute Gasteiger partial charge is 0.351 e. The number of hydrogen-bond donors (Lipinski definition) is 1. The van der Waals surface area contributed by atoms with Crippen LogP contribution in [0.25, 0.3) is 0 Å². The highest BCUT2D eigenvalue weighted by Crippen LogP contribution is 1.99. The van der Waals surface area contributed by atoms with E-state index in [1.807, 2.05) is 0 Å². The van der Waals surface area contributed by atoms with Crippen molar-refractivity contribution < 1.29 is 13.2 Å². The molecular weight excluding hydrogens is 228 g/mol. The Balaban J connectivity index is 2.54. The standard InChI is InChI=1S/C10H14N2O3S/c1-8(16(2,14)15)10(13)12-7-9-4-3-5-11-6-9/h3-6,8H,7H2,1-2H3,(H,12,13)/t8-/m0/s1. The van der Waals surface area contributed by atoms with Crippen molar-refractivity contribution in [1.82, 2.24) is 10.3 Å². The van der Waals surface area contributed by atoms with Crippen molar-refractivity contribution in [3.8, 4) is 0 Å². The van der Waals surface area contributed by atoms with Gasteiger partial charge in [0.2, 0.25) is 5.91 Å². The van der Waals surface area contributed by atoms with Crippen LogP contribution in [0, 0.1) is 0 Å². The minimum Gasteiger partial charge on any atom is -0.351 e. The van der Waals surface area contributed by atoms with E-state index in [2.05, 4.69) is 10.3 Å². The van der Waals surface area contributed by atoms with Crippen LogP contribution in [-0.4, -0.2) is 30.8 Å². The van der Waals surface area contributed by atoms with Crippen molar-refractivity contribution in [2.24, 2.45) is 0 Å². The molecule has 1 heterocycles. The van der Waals surface area contributed by atoms with Crippen LogP contribution < -0.4 is 5.32 Å². The zero-order valence-corrected chi connectivity index (χ0v) is 9.99. The fourth-order valence-corrected chi connectivity index (χ4v) is 1.50. The molecule has 1 amide bonds. The molecule has 1 aromatic rings. The predicted molar refractivity (Wildman–Crippen MR) is 60.4 cm³/mol. The quantitative estimate of drug-likeness (QED) is 0.814. The van der Waals surface area contributed by atoms with Crippen LogP contribution in [0.3, 0.4) is 0 Å². The van der Waals surface area contributed by atoms with Gasteiger partial charge in [0.25, 0.3) is 0 Å². The molecule has 0 saturated heterocycles. The summed E-state index contributed by atoms with van der Waals surface area (Å²) in [7, 11) is -3.33. The summed E-state index contributed by atoms with van der Waals surface area (Å²) in [6.45, 7) is 1.65. The molecule has 0 aliphatic carbocycles.